The van der Waals surface area contributed by atoms with E-state index in [0.717, 1.165) is 88.6 Å². The van der Waals surface area contributed by atoms with E-state index in [1.807, 2.05) is 12.1 Å². The lowest BCUT2D eigenvalue weighted by molar-refractivity contribution is 0.661. The van der Waals surface area contributed by atoms with Crippen LogP contribution in [0.2, 0.25) is 0 Å². The van der Waals surface area contributed by atoms with E-state index in [1.165, 1.54) is 39.1 Å². The number of nitrogens with zero attached hydrogens (tertiary/aromatic N) is 1. The Kier molecular flexibility index (Phi) is 8.56. The van der Waals surface area contributed by atoms with Gasteiger partial charge in [0, 0.05) is 49.5 Å². The summed E-state index contributed by atoms with van der Waals surface area (Å²) in [5.41, 5.74) is 21.0. The molecule has 0 spiro atoms. The van der Waals surface area contributed by atoms with Crippen molar-refractivity contribution in [3.63, 3.8) is 0 Å². The molecule has 2 heterocycles. The Balaban J connectivity index is 1.04. The Labute approximate surface area is 383 Å². The molecule has 312 valence electrons. The van der Waals surface area contributed by atoms with E-state index in [9.17, 15) is 0 Å². The van der Waals surface area contributed by atoms with Crippen molar-refractivity contribution in [3.05, 3.63) is 236 Å². The molecule has 0 saturated heterocycles. The highest BCUT2D eigenvalue weighted by Crippen LogP contribution is 2.55. The lowest BCUT2D eigenvalue weighted by atomic mass is 9.81. The van der Waals surface area contributed by atoms with Gasteiger partial charge in [0.05, 0.1) is 5.69 Å². The minimum Gasteiger partial charge on any atom is -0.456 e. The molecule has 3 heteroatoms. The van der Waals surface area contributed by atoms with Crippen molar-refractivity contribution in [2.24, 2.45) is 0 Å². The largest absolute Gasteiger partial charge is 0.456 e. The molecule has 1 aliphatic rings. The fraction of sp³-hybridized carbons (Fsp3) is 0.0476. The lowest BCUT2D eigenvalue weighted by Gasteiger charge is -2.32. The monoisotopic (exact) mass is 845 g/mol. The summed E-state index contributed by atoms with van der Waals surface area (Å²) in [5, 5.41) is 4.40. The summed E-state index contributed by atoms with van der Waals surface area (Å²) in [4.78, 5) is 2.45. The summed E-state index contributed by atoms with van der Waals surface area (Å²) in [6, 6.07) is 80.8. The summed E-state index contributed by atoms with van der Waals surface area (Å²) in [7, 11) is 0. The molecule has 10 aromatic carbocycles. The van der Waals surface area contributed by atoms with Crippen LogP contribution in [0.15, 0.2) is 233 Å². The molecule has 0 fully saturated rings. The molecule has 66 heavy (non-hydrogen) atoms. The normalized spacial score (nSPS) is 12.8. The van der Waals surface area contributed by atoms with Crippen LogP contribution < -0.4 is 4.90 Å². The summed E-state index contributed by atoms with van der Waals surface area (Å²) in [6.45, 7) is 4.73. The molecule has 0 atom stereocenters. The maximum absolute atomic E-state index is 6.62. The van der Waals surface area contributed by atoms with Crippen molar-refractivity contribution < 1.29 is 8.83 Å². The van der Waals surface area contributed by atoms with Gasteiger partial charge in [-0.15, -0.1) is 0 Å². The number of fused-ring (bicyclic) bond motifs is 9. The standard InChI is InChI=1S/C63H43NO2/c1-63(2)52-24-12-9-20-46(52)49-23-15-25-53(62(49)63)64(44-32-28-41(29-33-44)40-16-5-3-6-17-40)45-34-30-43(31-35-45)59-48(37-39-57-61(59)51-22-11-14-27-55(51)66-57)47-36-38-56-60(50-21-10-13-26-54(50)65-56)58(47)42-18-7-4-8-19-42/h3-39H,1-2H3. The van der Waals surface area contributed by atoms with Gasteiger partial charge in [-0.2, -0.15) is 0 Å². The number of benzene rings is 10. The molecule has 1 aliphatic carbocycles. The molecular weight excluding hydrogens is 803 g/mol. The van der Waals surface area contributed by atoms with E-state index in [0.29, 0.717) is 0 Å². The molecule has 2 aromatic heterocycles. The van der Waals surface area contributed by atoms with Crippen molar-refractivity contribution >= 4 is 60.9 Å². The molecule has 0 aliphatic heterocycles. The van der Waals surface area contributed by atoms with Crippen LogP contribution in [0.3, 0.4) is 0 Å². The van der Waals surface area contributed by atoms with Gasteiger partial charge in [0.15, 0.2) is 0 Å². The summed E-state index contributed by atoms with van der Waals surface area (Å²) >= 11 is 0. The molecule has 0 radical (unpaired) electrons. The number of para-hydroxylation sites is 2. The smallest absolute Gasteiger partial charge is 0.136 e. The Bertz CT molecular complexity index is 3820. The molecule has 0 saturated carbocycles. The summed E-state index contributed by atoms with van der Waals surface area (Å²) in [6.07, 6.45) is 0. The first-order valence-electron chi connectivity index (χ1n) is 22.7. The third kappa shape index (κ3) is 5.83. The van der Waals surface area contributed by atoms with Gasteiger partial charge in [-0.3, -0.25) is 0 Å². The number of hydrogen-bond acceptors (Lipinski definition) is 3. The molecule has 12 aromatic rings. The second-order valence-corrected chi connectivity index (χ2v) is 18.0. The number of hydrogen-bond donors (Lipinski definition) is 0. The molecular formula is C63H43NO2. The number of rotatable bonds is 7. The third-order valence-corrected chi connectivity index (χ3v) is 13.9. The minimum absolute atomic E-state index is 0.213. The van der Waals surface area contributed by atoms with Crippen LogP contribution >= 0.6 is 0 Å². The molecule has 13 rings (SSSR count). The van der Waals surface area contributed by atoms with Crippen LogP contribution in [0, 0.1) is 0 Å². The molecule has 3 nitrogen and oxygen atoms in total. The predicted octanol–water partition coefficient (Wildman–Crippen LogP) is 17.9. The molecule has 0 unspecified atom stereocenters. The highest BCUT2D eigenvalue weighted by molar-refractivity contribution is 6.20. The quantitative estimate of drug-likeness (QED) is 0.160. The van der Waals surface area contributed by atoms with Gasteiger partial charge in [0.25, 0.3) is 0 Å². The van der Waals surface area contributed by atoms with Crippen LogP contribution in [0.1, 0.15) is 25.0 Å². The van der Waals surface area contributed by atoms with Gasteiger partial charge in [0.2, 0.25) is 0 Å². The van der Waals surface area contributed by atoms with Gasteiger partial charge < -0.3 is 13.7 Å². The van der Waals surface area contributed by atoms with Crippen LogP contribution in [-0.2, 0) is 5.41 Å². The Hall–Kier alpha value is -8.40. The maximum atomic E-state index is 6.62. The second kappa shape index (κ2) is 14.8. The third-order valence-electron chi connectivity index (χ3n) is 13.9. The number of anilines is 3. The Morgan fingerprint density at radius 2 is 0.788 bits per heavy atom. The second-order valence-electron chi connectivity index (χ2n) is 18.0. The molecule has 0 N–H and O–H groups in total. The van der Waals surface area contributed by atoms with Crippen LogP contribution in [-0.4, -0.2) is 0 Å². The van der Waals surface area contributed by atoms with Gasteiger partial charge in [-0.1, -0.05) is 172 Å². The van der Waals surface area contributed by atoms with Gasteiger partial charge in [-0.25, -0.2) is 0 Å². The van der Waals surface area contributed by atoms with Gasteiger partial charge in [-0.05, 0) is 122 Å². The summed E-state index contributed by atoms with van der Waals surface area (Å²) < 4.78 is 13.1. The average molecular weight is 846 g/mol. The van der Waals surface area contributed by atoms with Crippen molar-refractivity contribution in [2.45, 2.75) is 19.3 Å². The van der Waals surface area contributed by atoms with E-state index < -0.39 is 0 Å². The highest BCUT2D eigenvalue weighted by Gasteiger charge is 2.38. The summed E-state index contributed by atoms with van der Waals surface area (Å²) in [5.74, 6) is 0. The van der Waals surface area contributed by atoms with Crippen molar-refractivity contribution in [1.29, 1.82) is 0 Å². The van der Waals surface area contributed by atoms with E-state index in [4.69, 9.17) is 8.83 Å². The van der Waals surface area contributed by atoms with Crippen LogP contribution in [0.4, 0.5) is 17.1 Å². The fourth-order valence-corrected chi connectivity index (χ4v) is 10.9. The maximum Gasteiger partial charge on any atom is 0.136 e. The van der Waals surface area contributed by atoms with E-state index in [1.54, 1.807) is 0 Å². The fourth-order valence-electron chi connectivity index (χ4n) is 10.9. The van der Waals surface area contributed by atoms with Crippen molar-refractivity contribution in [2.75, 3.05) is 4.90 Å². The van der Waals surface area contributed by atoms with Crippen molar-refractivity contribution in [1.82, 2.24) is 0 Å². The Morgan fingerprint density at radius 1 is 0.333 bits per heavy atom. The van der Waals surface area contributed by atoms with Gasteiger partial charge in [0.1, 0.15) is 22.3 Å². The first kappa shape index (κ1) is 38.1. The zero-order valence-electron chi connectivity index (χ0n) is 36.6. The van der Waals surface area contributed by atoms with E-state index in [2.05, 4.69) is 231 Å². The first-order valence-corrected chi connectivity index (χ1v) is 22.7. The average Bonchev–Trinajstić information content (AvgIpc) is 4.02. The lowest BCUT2D eigenvalue weighted by Crippen LogP contribution is -2.20. The first-order chi connectivity index (χ1) is 32.5. The van der Waals surface area contributed by atoms with Crippen LogP contribution in [0.25, 0.3) is 99.5 Å². The van der Waals surface area contributed by atoms with Crippen LogP contribution in [0.5, 0.6) is 0 Å². The number of furan rings is 2. The van der Waals surface area contributed by atoms with E-state index >= 15 is 0 Å². The SMILES string of the molecule is CC1(C)c2ccccc2-c2cccc(N(c3ccc(-c4ccccc4)cc3)c3ccc(-c4c(-c5ccc6oc7ccccc7c6c5-c5ccccc5)ccc5oc6ccccc6c45)cc3)c21. The molecule has 0 bridgehead atoms. The molecule has 0 amide bonds. The van der Waals surface area contributed by atoms with E-state index in [-0.39, 0.29) is 5.41 Å². The minimum atomic E-state index is -0.213. The van der Waals surface area contributed by atoms with Gasteiger partial charge >= 0.3 is 0 Å². The highest BCUT2D eigenvalue weighted by atomic mass is 16.3. The van der Waals surface area contributed by atoms with Crippen molar-refractivity contribution in [3.8, 4) is 55.6 Å². The zero-order chi connectivity index (χ0) is 43.9. The Morgan fingerprint density at radius 3 is 1.38 bits per heavy atom. The topological polar surface area (TPSA) is 29.5 Å². The predicted molar refractivity (Wildman–Crippen MR) is 275 cm³/mol. The zero-order valence-corrected chi connectivity index (χ0v) is 36.6.